The molecule has 4 rings (SSSR count). The summed E-state index contributed by atoms with van der Waals surface area (Å²) in [6.07, 6.45) is 4.71. The van der Waals surface area contributed by atoms with Gasteiger partial charge in [0.15, 0.2) is 11.5 Å². The molecule has 5 nitrogen and oxygen atoms in total. The number of hydrogen-bond donors (Lipinski definition) is 2. The molecule has 0 aromatic heterocycles. The number of ether oxygens (including phenoxy) is 2. The van der Waals surface area contributed by atoms with Crippen LogP contribution in [0.15, 0.2) is 36.4 Å². The SMILES string of the molecule is O=C(/C=C/c1cc(Cl)c2c(c1)OCCO2)NC1CCc2c(O)cccc21. The van der Waals surface area contributed by atoms with Crippen molar-refractivity contribution in [1.29, 1.82) is 0 Å². The Morgan fingerprint density at radius 1 is 1.27 bits per heavy atom. The van der Waals surface area contributed by atoms with Crippen LogP contribution in [0.3, 0.4) is 0 Å². The average molecular weight is 372 g/mol. The van der Waals surface area contributed by atoms with Crippen LogP contribution in [0.25, 0.3) is 6.08 Å². The Hall–Kier alpha value is -2.66. The first-order valence-electron chi connectivity index (χ1n) is 8.50. The smallest absolute Gasteiger partial charge is 0.244 e. The van der Waals surface area contributed by atoms with Gasteiger partial charge in [0.25, 0.3) is 0 Å². The van der Waals surface area contributed by atoms with Crippen molar-refractivity contribution in [2.75, 3.05) is 13.2 Å². The number of nitrogens with one attached hydrogen (secondary N) is 1. The fourth-order valence-electron chi connectivity index (χ4n) is 3.40. The second-order valence-electron chi connectivity index (χ2n) is 6.31. The molecular weight excluding hydrogens is 354 g/mol. The number of hydrogen-bond acceptors (Lipinski definition) is 4. The van der Waals surface area contributed by atoms with Gasteiger partial charge in [-0.3, -0.25) is 4.79 Å². The molecule has 6 heteroatoms. The number of carbonyl (C=O) groups is 1. The van der Waals surface area contributed by atoms with Gasteiger partial charge in [-0.05, 0) is 53.8 Å². The third-order valence-corrected chi connectivity index (χ3v) is 4.89. The standard InChI is InChI=1S/C20H18ClNO4/c21-15-10-12(11-18-20(15)26-9-8-25-18)4-7-19(24)22-16-6-5-14-13(16)2-1-3-17(14)23/h1-4,7,10-11,16,23H,5-6,8-9H2,(H,22,24)/b7-4+. The number of phenols is 1. The number of benzene rings is 2. The minimum atomic E-state index is -0.197. The summed E-state index contributed by atoms with van der Waals surface area (Å²) in [7, 11) is 0. The normalized spacial score (nSPS) is 18.0. The highest BCUT2D eigenvalue weighted by molar-refractivity contribution is 6.32. The van der Waals surface area contributed by atoms with Crippen LogP contribution >= 0.6 is 11.6 Å². The lowest BCUT2D eigenvalue weighted by molar-refractivity contribution is -0.117. The summed E-state index contributed by atoms with van der Waals surface area (Å²) in [5, 5.41) is 13.3. The molecule has 0 saturated carbocycles. The van der Waals surface area contributed by atoms with Crippen LogP contribution in [-0.2, 0) is 11.2 Å². The quantitative estimate of drug-likeness (QED) is 0.808. The number of rotatable bonds is 3. The summed E-state index contributed by atoms with van der Waals surface area (Å²) >= 11 is 6.21. The van der Waals surface area contributed by atoms with Crippen LogP contribution < -0.4 is 14.8 Å². The minimum Gasteiger partial charge on any atom is -0.508 e. The molecule has 2 aromatic rings. The fourth-order valence-corrected chi connectivity index (χ4v) is 3.68. The van der Waals surface area contributed by atoms with Crippen molar-refractivity contribution in [2.24, 2.45) is 0 Å². The number of aromatic hydroxyl groups is 1. The molecule has 1 heterocycles. The molecule has 26 heavy (non-hydrogen) atoms. The Labute approximate surface area is 156 Å². The molecule has 0 radical (unpaired) electrons. The molecule has 2 aromatic carbocycles. The van der Waals surface area contributed by atoms with Crippen LogP contribution in [0, 0.1) is 0 Å². The first-order valence-corrected chi connectivity index (χ1v) is 8.88. The lowest BCUT2D eigenvalue weighted by Crippen LogP contribution is -2.25. The first kappa shape index (κ1) is 16.8. The van der Waals surface area contributed by atoms with E-state index in [1.165, 1.54) is 6.08 Å². The molecule has 0 fully saturated rings. The summed E-state index contributed by atoms with van der Waals surface area (Å²) in [5.74, 6) is 1.23. The van der Waals surface area contributed by atoms with E-state index >= 15 is 0 Å². The maximum absolute atomic E-state index is 12.3. The van der Waals surface area contributed by atoms with E-state index in [1.54, 1.807) is 30.3 Å². The molecule has 1 amide bonds. The topological polar surface area (TPSA) is 67.8 Å². The molecule has 0 saturated heterocycles. The van der Waals surface area contributed by atoms with Gasteiger partial charge in [0.05, 0.1) is 11.1 Å². The van der Waals surface area contributed by atoms with Crippen LogP contribution in [0.5, 0.6) is 17.2 Å². The molecule has 1 aliphatic carbocycles. The number of phenolic OH excluding ortho intramolecular Hbond substituents is 1. The van der Waals surface area contributed by atoms with Gasteiger partial charge in [0, 0.05) is 6.08 Å². The fraction of sp³-hybridized carbons (Fsp3) is 0.250. The molecular formula is C20H18ClNO4. The van der Waals surface area contributed by atoms with Crippen LogP contribution in [0.1, 0.15) is 29.2 Å². The van der Waals surface area contributed by atoms with Gasteiger partial charge >= 0.3 is 0 Å². The van der Waals surface area contributed by atoms with Crippen LogP contribution in [-0.4, -0.2) is 24.2 Å². The highest BCUT2D eigenvalue weighted by Crippen LogP contribution is 2.39. The van der Waals surface area contributed by atoms with Crippen molar-refractivity contribution in [1.82, 2.24) is 5.32 Å². The van der Waals surface area contributed by atoms with Gasteiger partial charge in [-0.1, -0.05) is 23.7 Å². The van der Waals surface area contributed by atoms with E-state index in [1.807, 2.05) is 6.07 Å². The maximum Gasteiger partial charge on any atom is 0.244 e. The first-order chi connectivity index (χ1) is 12.6. The number of halogens is 1. The monoisotopic (exact) mass is 371 g/mol. The van der Waals surface area contributed by atoms with E-state index in [0.717, 1.165) is 29.5 Å². The zero-order chi connectivity index (χ0) is 18.1. The average Bonchev–Trinajstić information content (AvgIpc) is 3.04. The molecule has 1 aliphatic heterocycles. The van der Waals surface area contributed by atoms with Crippen molar-refractivity contribution in [3.05, 3.63) is 58.1 Å². The van der Waals surface area contributed by atoms with E-state index in [0.29, 0.717) is 35.5 Å². The van der Waals surface area contributed by atoms with E-state index in [4.69, 9.17) is 21.1 Å². The second kappa shape index (κ2) is 6.92. The zero-order valence-electron chi connectivity index (χ0n) is 14.0. The lowest BCUT2D eigenvalue weighted by atomic mass is 10.1. The molecule has 0 spiro atoms. The van der Waals surface area contributed by atoms with Crippen LogP contribution in [0.4, 0.5) is 0 Å². The summed E-state index contributed by atoms with van der Waals surface area (Å²) in [4.78, 5) is 12.3. The van der Waals surface area contributed by atoms with E-state index in [-0.39, 0.29) is 11.9 Å². The largest absolute Gasteiger partial charge is 0.508 e. The van der Waals surface area contributed by atoms with Gasteiger partial charge in [-0.15, -0.1) is 0 Å². The maximum atomic E-state index is 12.3. The third-order valence-electron chi connectivity index (χ3n) is 4.61. The Morgan fingerprint density at radius 2 is 2.12 bits per heavy atom. The summed E-state index contributed by atoms with van der Waals surface area (Å²) in [6, 6.07) is 8.87. The highest BCUT2D eigenvalue weighted by atomic mass is 35.5. The van der Waals surface area contributed by atoms with Crippen LogP contribution in [0.2, 0.25) is 5.02 Å². The Balaban J connectivity index is 1.46. The Kier molecular flexibility index (Phi) is 4.47. The van der Waals surface area contributed by atoms with Crippen molar-refractivity contribution in [3.63, 3.8) is 0 Å². The number of fused-ring (bicyclic) bond motifs is 2. The van der Waals surface area contributed by atoms with Gasteiger partial charge in [-0.25, -0.2) is 0 Å². The van der Waals surface area contributed by atoms with Crippen molar-refractivity contribution in [2.45, 2.75) is 18.9 Å². The van der Waals surface area contributed by atoms with E-state index in [9.17, 15) is 9.90 Å². The predicted octanol–water partition coefficient (Wildman–Crippen LogP) is 3.63. The van der Waals surface area contributed by atoms with Gasteiger partial charge < -0.3 is 19.9 Å². The Bertz CT molecular complexity index is 894. The lowest BCUT2D eigenvalue weighted by Gasteiger charge is -2.19. The van der Waals surface area contributed by atoms with Crippen molar-refractivity contribution < 1.29 is 19.4 Å². The van der Waals surface area contributed by atoms with E-state index < -0.39 is 0 Å². The van der Waals surface area contributed by atoms with Gasteiger partial charge in [0.1, 0.15) is 19.0 Å². The molecule has 1 unspecified atom stereocenters. The molecule has 134 valence electrons. The molecule has 2 N–H and O–H groups in total. The Morgan fingerprint density at radius 3 is 3.00 bits per heavy atom. The molecule has 1 atom stereocenters. The van der Waals surface area contributed by atoms with Crippen molar-refractivity contribution >= 4 is 23.6 Å². The molecule has 0 bridgehead atoms. The van der Waals surface area contributed by atoms with Gasteiger partial charge in [-0.2, -0.15) is 0 Å². The zero-order valence-corrected chi connectivity index (χ0v) is 14.8. The minimum absolute atomic E-state index is 0.0851. The number of amides is 1. The number of carbonyl (C=O) groups excluding carboxylic acids is 1. The predicted molar refractivity (Wildman–Crippen MR) is 98.8 cm³/mol. The van der Waals surface area contributed by atoms with E-state index in [2.05, 4.69) is 5.32 Å². The second-order valence-corrected chi connectivity index (χ2v) is 6.71. The highest BCUT2D eigenvalue weighted by Gasteiger charge is 2.25. The third kappa shape index (κ3) is 3.22. The summed E-state index contributed by atoms with van der Waals surface area (Å²) in [6.45, 7) is 0.952. The molecule has 2 aliphatic rings. The van der Waals surface area contributed by atoms with Crippen molar-refractivity contribution in [3.8, 4) is 17.2 Å². The summed E-state index contributed by atoms with van der Waals surface area (Å²) in [5.41, 5.74) is 2.66. The van der Waals surface area contributed by atoms with Gasteiger partial charge in [0.2, 0.25) is 5.91 Å². The summed E-state index contributed by atoms with van der Waals surface area (Å²) < 4.78 is 11.0.